The number of hydrogen-bond donors (Lipinski definition) is 2. The van der Waals surface area contributed by atoms with E-state index in [-0.39, 0.29) is 28.2 Å². The van der Waals surface area contributed by atoms with Gasteiger partial charge in [0.2, 0.25) is 0 Å². The lowest BCUT2D eigenvalue weighted by Crippen LogP contribution is -2.35. The maximum Gasteiger partial charge on any atom is 0.338 e. The number of methoxy groups -OCH3 is 1. The normalized spacial score (nSPS) is 11.3. The van der Waals surface area contributed by atoms with Gasteiger partial charge in [0.15, 0.2) is 0 Å². The highest BCUT2D eigenvalue weighted by Gasteiger charge is 2.20. The van der Waals surface area contributed by atoms with Crippen molar-refractivity contribution >= 4 is 58.1 Å². The second-order valence-corrected chi connectivity index (χ2v) is 11.7. The second-order valence-electron chi connectivity index (χ2n) is 10.4. The molecule has 2 aromatic carbocycles. The number of carbonyl (C=O) groups excluding carboxylic acids is 2. The number of hydrazine groups is 1. The summed E-state index contributed by atoms with van der Waals surface area (Å²) in [7, 11) is 1.48. The number of benzene rings is 2. The van der Waals surface area contributed by atoms with Crippen molar-refractivity contribution in [2.24, 2.45) is 5.84 Å². The zero-order valence-corrected chi connectivity index (χ0v) is 28.3. The molecule has 0 saturated carbocycles. The molecule has 0 radical (unpaired) electrons. The molecule has 44 heavy (non-hydrogen) atoms. The standard InChI is InChI=1S/C33H46Cl3N3O5/c1-4-6-7-8-9-10-11-12-13-14-15-16-19-44-33(41)24-17-18-29(42-3)28(20-24)38-30(23-31(40)43-5-2)39(37)32-26(35)21-25(34)22-27(32)36/h17-18,20-23,38H,4-16,19,37H2,1-3H3/b30-23-. The van der Waals surface area contributed by atoms with Crippen molar-refractivity contribution in [3.05, 3.63) is 62.9 Å². The molecule has 11 heteroatoms. The molecule has 0 aliphatic heterocycles. The van der Waals surface area contributed by atoms with Gasteiger partial charge in [0, 0.05) is 5.02 Å². The molecular weight excluding hydrogens is 625 g/mol. The minimum absolute atomic E-state index is 0.0508. The quantitative estimate of drug-likeness (QED) is 0.0445. The summed E-state index contributed by atoms with van der Waals surface area (Å²) in [5.74, 6) is 5.69. The van der Waals surface area contributed by atoms with Gasteiger partial charge in [-0.3, -0.25) is 5.01 Å². The molecule has 0 aliphatic carbocycles. The average molecular weight is 671 g/mol. The lowest BCUT2D eigenvalue weighted by Gasteiger charge is -2.26. The van der Waals surface area contributed by atoms with E-state index in [1.165, 1.54) is 77.0 Å². The monoisotopic (exact) mass is 669 g/mol. The van der Waals surface area contributed by atoms with Crippen molar-refractivity contribution < 1.29 is 23.8 Å². The number of hydrogen-bond acceptors (Lipinski definition) is 8. The third-order valence-electron chi connectivity index (χ3n) is 6.95. The van der Waals surface area contributed by atoms with E-state index in [0.717, 1.165) is 30.3 Å². The Hall–Kier alpha value is -2.65. The van der Waals surface area contributed by atoms with Crippen LogP contribution < -0.4 is 20.9 Å². The fraction of sp³-hybridized carbons (Fsp3) is 0.515. The van der Waals surface area contributed by atoms with E-state index in [9.17, 15) is 9.59 Å². The SMILES string of the molecule is CCCCCCCCCCCCCCOC(=O)c1ccc(OC)c(N/C(=C/C(=O)OCC)N(N)c2c(Cl)cc(Cl)cc2Cl)c1. The van der Waals surface area contributed by atoms with Gasteiger partial charge in [-0.2, -0.15) is 0 Å². The number of rotatable bonds is 21. The largest absolute Gasteiger partial charge is 0.495 e. The summed E-state index contributed by atoms with van der Waals surface area (Å²) in [6.45, 7) is 4.41. The number of nitrogens with two attached hydrogens (primary N) is 1. The highest BCUT2D eigenvalue weighted by molar-refractivity contribution is 6.41. The van der Waals surface area contributed by atoms with Crippen molar-refractivity contribution in [1.29, 1.82) is 0 Å². The molecular formula is C33H46Cl3N3O5. The van der Waals surface area contributed by atoms with E-state index in [2.05, 4.69) is 12.2 Å². The average Bonchev–Trinajstić information content (AvgIpc) is 2.98. The number of esters is 2. The molecule has 0 atom stereocenters. The summed E-state index contributed by atoms with van der Waals surface area (Å²) in [5.41, 5.74) is 0.839. The number of unbranched alkanes of at least 4 members (excludes halogenated alkanes) is 11. The summed E-state index contributed by atoms with van der Waals surface area (Å²) >= 11 is 18.8. The maximum absolute atomic E-state index is 12.9. The van der Waals surface area contributed by atoms with Crippen LogP contribution in [0.25, 0.3) is 0 Å². The van der Waals surface area contributed by atoms with Crippen LogP contribution in [0, 0.1) is 0 Å². The van der Waals surface area contributed by atoms with E-state index in [1.807, 2.05) is 0 Å². The summed E-state index contributed by atoms with van der Waals surface area (Å²) in [6, 6.07) is 7.73. The van der Waals surface area contributed by atoms with Crippen LogP contribution in [0.1, 0.15) is 101 Å². The Morgan fingerprint density at radius 1 is 0.841 bits per heavy atom. The first-order valence-corrected chi connectivity index (χ1v) is 16.5. The van der Waals surface area contributed by atoms with Crippen molar-refractivity contribution in [2.75, 3.05) is 30.6 Å². The van der Waals surface area contributed by atoms with Crippen molar-refractivity contribution in [2.45, 2.75) is 90.9 Å². The lowest BCUT2D eigenvalue weighted by molar-refractivity contribution is -0.137. The second kappa shape index (κ2) is 21.2. The molecule has 0 aromatic heterocycles. The summed E-state index contributed by atoms with van der Waals surface area (Å²) in [6.07, 6.45) is 15.9. The number of carbonyl (C=O) groups is 2. The minimum Gasteiger partial charge on any atom is -0.495 e. The molecule has 0 spiro atoms. The molecule has 8 nitrogen and oxygen atoms in total. The van der Waals surface area contributed by atoms with Crippen LogP contribution in [0.5, 0.6) is 5.75 Å². The topological polar surface area (TPSA) is 103 Å². The van der Waals surface area contributed by atoms with Gasteiger partial charge in [0.25, 0.3) is 0 Å². The van der Waals surface area contributed by atoms with Gasteiger partial charge < -0.3 is 19.5 Å². The van der Waals surface area contributed by atoms with E-state index in [1.54, 1.807) is 25.1 Å². The number of nitrogens with one attached hydrogen (secondary N) is 1. The van der Waals surface area contributed by atoms with Gasteiger partial charge in [0.1, 0.15) is 11.6 Å². The Morgan fingerprint density at radius 3 is 1.95 bits per heavy atom. The fourth-order valence-corrected chi connectivity index (χ4v) is 5.61. The number of anilines is 2. The van der Waals surface area contributed by atoms with Gasteiger partial charge in [0.05, 0.1) is 53.4 Å². The molecule has 0 saturated heterocycles. The summed E-state index contributed by atoms with van der Waals surface area (Å²) in [5, 5.41) is 4.77. The third kappa shape index (κ3) is 13.1. The van der Waals surface area contributed by atoms with Gasteiger partial charge >= 0.3 is 11.9 Å². The zero-order chi connectivity index (χ0) is 32.3. The van der Waals surface area contributed by atoms with Gasteiger partial charge in [-0.25, -0.2) is 15.4 Å². The molecule has 2 aromatic rings. The predicted molar refractivity (Wildman–Crippen MR) is 181 cm³/mol. The van der Waals surface area contributed by atoms with Crippen molar-refractivity contribution in [1.82, 2.24) is 0 Å². The predicted octanol–water partition coefficient (Wildman–Crippen LogP) is 9.71. The molecule has 0 unspecified atom stereocenters. The number of ether oxygens (including phenoxy) is 3. The molecule has 0 fully saturated rings. The molecule has 0 heterocycles. The zero-order valence-electron chi connectivity index (χ0n) is 26.1. The summed E-state index contributed by atoms with van der Waals surface area (Å²) in [4.78, 5) is 25.3. The molecule has 0 bridgehead atoms. The smallest absolute Gasteiger partial charge is 0.338 e. The van der Waals surface area contributed by atoms with E-state index in [0.29, 0.717) is 28.6 Å². The molecule has 3 N–H and O–H groups in total. The van der Waals surface area contributed by atoms with Crippen LogP contribution in [0.3, 0.4) is 0 Å². The van der Waals surface area contributed by atoms with Gasteiger partial charge in [-0.15, -0.1) is 0 Å². The lowest BCUT2D eigenvalue weighted by atomic mass is 10.1. The molecule has 0 amide bonds. The van der Waals surface area contributed by atoms with Crippen LogP contribution in [-0.2, 0) is 14.3 Å². The van der Waals surface area contributed by atoms with Crippen LogP contribution in [0.4, 0.5) is 11.4 Å². The van der Waals surface area contributed by atoms with Crippen LogP contribution in [0.15, 0.2) is 42.2 Å². The Balaban J connectivity index is 2.00. The highest BCUT2D eigenvalue weighted by atomic mass is 35.5. The first-order valence-electron chi connectivity index (χ1n) is 15.4. The Labute approximate surface area is 277 Å². The molecule has 244 valence electrons. The van der Waals surface area contributed by atoms with Gasteiger partial charge in [-0.05, 0) is 43.7 Å². The molecule has 0 aliphatic rings. The van der Waals surface area contributed by atoms with Crippen molar-refractivity contribution in [3.63, 3.8) is 0 Å². The number of halogens is 3. The maximum atomic E-state index is 12.9. The van der Waals surface area contributed by atoms with E-state index >= 15 is 0 Å². The Bertz CT molecular complexity index is 1200. The van der Waals surface area contributed by atoms with Crippen LogP contribution >= 0.6 is 34.8 Å². The first-order chi connectivity index (χ1) is 21.2. The number of nitrogens with zero attached hydrogens (tertiary/aromatic N) is 1. The Morgan fingerprint density at radius 2 is 1.41 bits per heavy atom. The minimum atomic E-state index is -0.663. The Kier molecular flexibility index (Phi) is 18.0. The molecule has 2 rings (SSSR count). The van der Waals surface area contributed by atoms with Crippen molar-refractivity contribution in [3.8, 4) is 5.75 Å². The van der Waals surface area contributed by atoms with Gasteiger partial charge in [-0.1, -0.05) is 112 Å². The third-order valence-corrected chi connectivity index (χ3v) is 7.75. The highest BCUT2D eigenvalue weighted by Crippen LogP contribution is 2.37. The fourth-order valence-electron chi connectivity index (χ4n) is 4.61. The van der Waals surface area contributed by atoms with E-state index < -0.39 is 11.9 Å². The van der Waals surface area contributed by atoms with Crippen LogP contribution in [0.2, 0.25) is 15.1 Å². The van der Waals surface area contributed by atoms with E-state index in [4.69, 9.17) is 54.9 Å². The van der Waals surface area contributed by atoms with Crippen LogP contribution in [-0.4, -0.2) is 32.3 Å². The summed E-state index contributed by atoms with van der Waals surface area (Å²) < 4.78 is 16.1. The first kappa shape index (κ1) is 37.5.